The second kappa shape index (κ2) is 6.78. The van der Waals surface area contributed by atoms with Gasteiger partial charge >= 0.3 is 0 Å². The van der Waals surface area contributed by atoms with Gasteiger partial charge in [0, 0.05) is 32.7 Å². The lowest BCUT2D eigenvalue weighted by atomic mass is 10.3. The average molecular weight is 383 g/mol. The van der Waals surface area contributed by atoms with Gasteiger partial charge in [-0.05, 0) is 30.7 Å². The lowest BCUT2D eigenvalue weighted by Gasteiger charge is -2.19. The van der Waals surface area contributed by atoms with Crippen LogP contribution in [0.5, 0.6) is 0 Å². The number of halogens is 1. The maximum Gasteiger partial charge on any atom is 0.243 e. The molecular formula is C16H19ClN4O3S. The molecule has 1 saturated heterocycles. The Labute approximate surface area is 151 Å². The summed E-state index contributed by atoms with van der Waals surface area (Å²) in [4.78, 5) is 13.6. The molecule has 9 heteroatoms. The molecule has 2 aromatic rings. The van der Waals surface area contributed by atoms with Crippen LogP contribution in [0.1, 0.15) is 18.5 Å². The van der Waals surface area contributed by atoms with Gasteiger partial charge in [0.05, 0.1) is 28.4 Å². The van der Waals surface area contributed by atoms with E-state index in [1.165, 1.54) is 29.7 Å². The maximum atomic E-state index is 12.8. The lowest BCUT2D eigenvalue weighted by Crippen LogP contribution is -2.28. The molecule has 0 atom stereocenters. The summed E-state index contributed by atoms with van der Waals surface area (Å²) >= 11 is 6.05. The third-order valence-electron chi connectivity index (χ3n) is 4.31. The number of anilines is 1. The molecule has 0 saturated carbocycles. The zero-order valence-corrected chi connectivity index (χ0v) is 15.6. The zero-order chi connectivity index (χ0) is 18.2. The van der Waals surface area contributed by atoms with Crippen LogP contribution in [0.15, 0.2) is 35.4 Å². The normalized spacial score (nSPS) is 15.4. The van der Waals surface area contributed by atoms with E-state index in [1.807, 2.05) is 0 Å². The Hall–Kier alpha value is -1.90. The molecule has 3 rings (SSSR count). The van der Waals surface area contributed by atoms with Gasteiger partial charge in [-0.3, -0.25) is 9.48 Å². The number of benzene rings is 1. The highest BCUT2D eigenvalue weighted by Gasteiger charge is 2.25. The first-order valence-electron chi connectivity index (χ1n) is 7.84. The number of amides is 1. The highest BCUT2D eigenvalue weighted by molar-refractivity contribution is 7.89. The number of aromatic nitrogens is 2. The standard InChI is InChI=1S/C16H19ClN4O3S/c1-19(11-15-14(17)10-18-20(15)2)25(23,24)13-7-5-12(6-8-13)21-9-3-4-16(21)22/h5-8,10H,3-4,9,11H2,1-2H3. The Morgan fingerprint density at radius 2 is 1.96 bits per heavy atom. The van der Waals surface area contributed by atoms with Crippen LogP contribution in [0.3, 0.4) is 0 Å². The summed E-state index contributed by atoms with van der Waals surface area (Å²) in [5.74, 6) is 0.0681. The van der Waals surface area contributed by atoms with Gasteiger partial charge in [0.1, 0.15) is 0 Å². The summed E-state index contributed by atoms with van der Waals surface area (Å²) in [7, 11) is -0.464. The van der Waals surface area contributed by atoms with Crippen molar-refractivity contribution in [3.63, 3.8) is 0 Å². The molecule has 0 radical (unpaired) electrons. The van der Waals surface area contributed by atoms with Crippen LogP contribution in [0.25, 0.3) is 0 Å². The number of carbonyl (C=O) groups is 1. The van der Waals surface area contributed by atoms with E-state index in [0.29, 0.717) is 23.7 Å². The molecule has 1 aliphatic heterocycles. The molecule has 0 N–H and O–H groups in total. The molecule has 0 bridgehead atoms. The predicted molar refractivity (Wildman–Crippen MR) is 94.9 cm³/mol. The number of nitrogens with zero attached hydrogens (tertiary/aromatic N) is 4. The monoisotopic (exact) mass is 382 g/mol. The van der Waals surface area contributed by atoms with Gasteiger partial charge in [-0.2, -0.15) is 9.40 Å². The fraction of sp³-hybridized carbons (Fsp3) is 0.375. The van der Waals surface area contributed by atoms with E-state index in [0.717, 1.165) is 12.1 Å². The van der Waals surface area contributed by atoms with Crippen molar-refractivity contribution in [2.75, 3.05) is 18.5 Å². The van der Waals surface area contributed by atoms with Gasteiger partial charge < -0.3 is 4.90 Å². The fourth-order valence-corrected chi connectivity index (χ4v) is 4.17. The van der Waals surface area contributed by atoms with Crippen molar-refractivity contribution in [3.05, 3.63) is 41.2 Å². The number of sulfonamides is 1. The van der Waals surface area contributed by atoms with Crippen molar-refractivity contribution in [2.24, 2.45) is 7.05 Å². The lowest BCUT2D eigenvalue weighted by molar-refractivity contribution is -0.117. The van der Waals surface area contributed by atoms with Crippen molar-refractivity contribution in [3.8, 4) is 0 Å². The van der Waals surface area contributed by atoms with E-state index in [-0.39, 0.29) is 17.3 Å². The predicted octanol–water partition coefficient (Wildman–Crippen LogP) is 2.02. The van der Waals surface area contributed by atoms with Gasteiger partial charge in [-0.15, -0.1) is 0 Å². The molecule has 1 aromatic carbocycles. The van der Waals surface area contributed by atoms with Gasteiger partial charge in [0.2, 0.25) is 15.9 Å². The summed E-state index contributed by atoms with van der Waals surface area (Å²) in [5.41, 5.74) is 1.34. The molecule has 134 valence electrons. The molecule has 2 heterocycles. The smallest absolute Gasteiger partial charge is 0.243 e. The number of carbonyl (C=O) groups excluding carboxylic acids is 1. The van der Waals surface area contributed by atoms with E-state index < -0.39 is 10.0 Å². The van der Waals surface area contributed by atoms with E-state index in [4.69, 9.17) is 11.6 Å². The number of hydrogen-bond acceptors (Lipinski definition) is 4. The maximum absolute atomic E-state index is 12.8. The molecule has 0 spiro atoms. The van der Waals surface area contributed by atoms with E-state index in [9.17, 15) is 13.2 Å². The SMILES string of the molecule is CN(Cc1c(Cl)cnn1C)S(=O)(=O)c1ccc(N2CCCC2=O)cc1. The molecular weight excluding hydrogens is 364 g/mol. The Bertz CT molecular complexity index is 873. The topological polar surface area (TPSA) is 75.5 Å². The summed E-state index contributed by atoms with van der Waals surface area (Å²) in [6, 6.07) is 6.39. The van der Waals surface area contributed by atoms with Crippen molar-refractivity contribution >= 4 is 33.2 Å². The first kappa shape index (κ1) is 17.9. The van der Waals surface area contributed by atoms with Gasteiger partial charge in [-0.1, -0.05) is 11.6 Å². The summed E-state index contributed by atoms with van der Waals surface area (Å²) < 4.78 is 28.3. The second-order valence-electron chi connectivity index (χ2n) is 5.97. The molecule has 7 nitrogen and oxygen atoms in total. The third kappa shape index (κ3) is 3.42. The summed E-state index contributed by atoms with van der Waals surface area (Å²) in [6.07, 6.45) is 2.85. The second-order valence-corrected chi connectivity index (χ2v) is 8.42. The Morgan fingerprint density at radius 3 is 2.48 bits per heavy atom. The van der Waals surface area contributed by atoms with Crippen LogP contribution in [0, 0.1) is 0 Å². The fourth-order valence-electron chi connectivity index (χ4n) is 2.81. The van der Waals surface area contributed by atoms with Gasteiger partial charge in [0.15, 0.2) is 0 Å². The van der Waals surface area contributed by atoms with Crippen LogP contribution >= 0.6 is 11.6 Å². The van der Waals surface area contributed by atoms with Crippen LogP contribution in [0.2, 0.25) is 5.02 Å². The summed E-state index contributed by atoms with van der Waals surface area (Å²) in [5, 5.41) is 4.44. The number of hydrogen-bond donors (Lipinski definition) is 0. The quantitative estimate of drug-likeness (QED) is 0.792. The van der Waals surface area contributed by atoms with Crippen LogP contribution < -0.4 is 4.90 Å². The van der Waals surface area contributed by atoms with Crippen LogP contribution in [0.4, 0.5) is 5.69 Å². The summed E-state index contributed by atoms with van der Waals surface area (Å²) in [6.45, 7) is 0.786. The highest BCUT2D eigenvalue weighted by atomic mass is 35.5. The van der Waals surface area contributed by atoms with Gasteiger partial charge in [0.25, 0.3) is 0 Å². The van der Waals surface area contributed by atoms with Crippen LogP contribution in [-0.4, -0.2) is 42.0 Å². The molecule has 0 unspecified atom stereocenters. The van der Waals surface area contributed by atoms with E-state index in [1.54, 1.807) is 28.8 Å². The first-order chi connectivity index (χ1) is 11.8. The van der Waals surface area contributed by atoms with Crippen molar-refractivity contribution < 1.29 is 13.2 Å². The Balaban J connectivity index is 1.81. The number of aryl methyl sites for hydroxylation is 1. The highest BCUT2D eigenvalue weighted by Crippen LogP contribution is 2.25. The molecule has 1 aromatic heterocycles. The minimum atomic E-state index is -3.67. The van der Waals surface area contributed by atoms with Crippen molar-refractivity contribution in [1.82, 2.24) is 14.1 Å². The molecule has 0 aliphatic carbocycles. The van der Waals surface area contributed by atoms with E-state index in [2.05, 4.69) is 5.10 Å². The van der Waals surface area contributed by atoms with Gasteiger partial charge in [-0.25, -0.2) is 8.42 Å². The largest absolute Gasteiger partial charge is 0.312 e. The Kier molecular flexibility index (Phi) is 4.86. The minimum Gasteiger partial charge on any atom is -0.312 e. The molecule has 1 aliphatic rings. The van der Waals surface area contributed by atoms with Crippen molar-refractivity contribution in [2.45, 2.75) is 24.3 Å². The zero-order valence-electron chi connectivity index (χ0n) is 14.0. The van der Waals surface area contributed by atoms with Crippen molar-refractivity contribution in [1.29, 1.82) is 0 Å². The molecule has 25 heavy (non-hydrogen) atoms. The molecule has 1 amide bonds. The Morgan fingerprint density at radius 1 is 1.28 bits per heavy atom. The first-order valence-corrected chi connectivity index (χ1v) is 9.65. The average Bonchev–Trinajstić information content (AvgIpc) is 3.15. The minimum absolute atomic E-state index is 0.0681. The third-order valence-corrected chi connectivity index (χ3v) is 6.45. The number of rotatable bonds is 5. The van der Waals surface area contributed by atoms with E-state index >= 15 is 0 Å². The van der Waals surface area contributed by atoms with Crippen LogP contribution in [-0.2, 0) is 28.4 Å². The molecule has 1 fully saturated rings.